The standard InChI is InChI=1S/C49H59BrN22O33P4/c50-12-1-68(49(84)67-37(12)80)42-25(77)29(103-106(85,86)93-3-14-22(74)23(75)41(98-14)70-9-58-19-34(70)61-46(52)64-38(19)81)15(99-42)4-95-108(89,90)104-31-17(101-45(27(31)79)72-11-60-21-36(72)63-48(54)66-40(21)83)6-96-109(91,92)105-30-16(100-44(26(30)78)71-10-59-20-35(71)62-47(53)65-39(20)82)5-94-107(87,88)102-28-13(2-73)97-43(24(28)76)69-8-57-18-32(51)55-7-56-33(18)69/h1,7-11,13-17,22-31,41-45,73-79H,2-6H2,(H,85,86)(H,87,88)(H,89,90)(H,91,92)(H2,51,55,56)(H,67,80,84)(H3,52,61,64,81)(H3,53,62,65,82)(H3,54,63,66,83)/t13-,14-,15-,16-,17-,22-,23-,24-,25-,26-,27-,28-,29-,30-,31-,41-,42-,43-,44-,45-/m1/s1. The lowest BCUT2D eigenvalue weighted by molar-refractivity contribution is -0.0651. The van der Waals surface area contributed by atoms with Gasteiger partial charge in [0.05, 0.1) is 62.8 Å². The highest BCUT2D eigenvalue weighted by molar-refractivity contribution is 9.10. The average molecular weight is 1690 g/mol. The van der Waals surface area contributed by atoms with Crippen LogP contribution in [0.25, 0.3) is 44.7 Å². The van der Waals surface area contributed by atoms with Crippen LogP contribution in [0.1, 0.15) is 31.1 Å². The number of imidazole rings is 4. The second-order valence-electron chi connectivity index (χ2n) is 24.3. The van der Waals surface area contributed by atoms with Gasteiger partial charge in [0.25, 0.3) is 22.2 Å². The summed E-state index contributed by atoms with van der Waals surface area (Å²) in [4.78, 5) is 154. The number of aliphatic hydroxyl groups excluding tert-OH is 7. The van der Waals surface area contributed by atoms with Gasteiger partial charge in [-0.05, 0) is 15.9 Å². The fraction of sp³-hybridized carbons (Fsp3) is 0.510. The van der Waals surface area contributed by atoms with Crippen LogP contribution in [-0.2, 0) is 78.1 Å². The number of nitrogen functional groups attached to an aromatic ring is 4. The predicted octanol–water partition coefficient (Wildman–Crippen LogP) is -7.48. The Morgan fingerprint density at radius 1 is 0.413 bits per heavy atom. The van der Waals surface area contributed by atoms with Gasteiger partial charge in [0.2, 0.25) is 17.8 Å². The highest BCUT2D eigenvalue weighted by Gasteiger charge is 2.57. The summed E-state index contributed by atoms with van der Waals surface area (Å²) in [6.07, 6.45) is -34.3. The number of hydrogen-bond donors (Lipinski definition) is 19. The molecule has 5 aliphatic rings. The van der Waals surface area contributed by atoms with Gasteiger partial charge in [0.15, 0.2) is 76.1 Å². The summed E-state index contributed by atoms with van der Waals surface area (Å²) >= 11 is 2.92. The fourth-order valence-corrected chi connectivity index (χ4v) is 16.6. The Hall–Kier alpha value is -8.08. The van der Waals surface area contributed by atoms with Crippen LogP contribution in [0.3, 0.4) is 0 Å². The molecule has 0 radical (unpaired) electrons. The number of nitrogens with two attached hydrogens (primary N) is 4. The zero-order chi connectivity index (χ0) is 78.0. The van der Waals surface area contributed by atoms with Gasteiger partial charge in [-0.25, -0.2) is 53.0 Å². The van der Waals surface area contributed by atoms with E-state index < -0.39 is 244 Å². The Morgan fingerprint density at radius 3 is 1.12 bits per heavy atom. The van der Waals surface area contributed by atoms with Crippen molar-refractivity contribution in [2.24, 2.45) is 0 Å². The van der Waals surface area contributed by atoms with Crippen molar-refractivity contribution >= 4 is 116 Å². The van der Waals surface area contributed by atoms with Crippen LogP contribution in [0.5, 0.6) is 0 Å². The van der Waals surface area contributed by atoms with Crippen LogP contribution in [0.15, 0.2) is 66.3 Å². The number of anilines is 4. The van der Waals surface area contributed by atoms with Crippen molar-refractivity contribution in [2.75, 3.05) is 56.0 Å². The van der Waals surface area contributed by atoms with E-state index in [4.69, 9.17) is 82.8 Å². The number of rotatable bonds is 26. The molecular weight excluding hydrogens is 1630 g/mol. The Labute approximate surface area is 607 Å². The number of hydrogen-bond acceptors (Lipinski definition) is 42. The van der Waals surface area contributed by atoms with Crippen molar-refractivity contribution in [1.82, 2.24) is 87.6 Å². The second-order valence-corrected chi connectivity index (χ2v) is 30.8. The molecule has 109 heavy (non-hydrogen) atoms. The minimum atomic E-state index is -5.95. The SMILES string of the molecule is Nc1nc2c(ncn2[C@@H]2O[C@H](COP(=O)(O)O[C@H]3[C@@H](O)[C@H](n4cc(Br)c(=O)[nH]c4=O)O[C@@H]3COP(=O)(O)O[C@H]3[C@@H](O)[C@H](n4cnc5c(=O)[nH]c(N)nc54)O[C@@H]3COP(=O)(O)O[C@H]3[C@@H](O)[C@H](n4cnc5c(=O)[nH]c(N)nc54)O[C@@H]3COP(=O)(O)O[C@H]3[C@@H](O)[C@H](n4cnc5c(N)ncnc54)O[C@@H]3CO)[C@@H](O)[C@H]2O)c(=O)[nH]1. The lowest BCUT2D eigenvalue weighted by Gasteiger charge is -2.27. The first-order valence-electron chi connectivity index (χ1n) is 31.2. The molecule has 0 aliphatic carbocycles. The zero-order valence-electron chi connectivity index (χ0n) is 54.2. The molecule has 9 aromatic rings. The average Bonchev–Trinajstić information content (AvgIpc) is 1.64. The van der Waals surface area contributed by atoms with Gasteiger partial charge in [-0.3, -0.25) is 98.1 Å². The van der Waals surface area contributed by atoms with E-state index in [0.29, 0.717) is 4.57 Å². The van der Waals surface area contributed by atoms with Gasteiger partial charge in [0.1, 0.15) is 103 Å². The zero-order valence-corrected chi connectivity index (χ0v) is 59.3. The lowest BCUT2D eigenvalue weighted by Crippen LogP contribution is -2.39. The van der Waals surface area contributed by atoms with E-state index >= 15 is 0 Å². The Morgan fingerprint density at radius 2 is 0.734 bits per heavy atom. The van der Waals surface area contributed by atoms with E-state index in [2.05, 4.69) is 75.7 Å². The molecular formula is C49H59BrN22O33P4. The number of halogens is 1. The van der Waals surface area contributed by atoms with E-state index in [-0.39, 0.29) is 44.2 Å². The van der Waals surface area contributed by atoms with Gasteiger partial charge in [0, 0.05) is 6.20 Å². The molecule has 5 saturated heterocycles. The number of H-pyrrole nitrogens is 4. The maximum atomic E-state index is 14.4. The maximum absolute atomic E-state index is 14.4. The predicted molar refractivity (Wildman–Crippen MR) is 352 cm³/mol. The van der Waals surface area contributed by atoms with Crippen LogP contribution in [-0.4, -0.2) is 268 Å². The van der Waals surface area contributed by atoms with Gasteiger partial charge in [-0.15, -0.1) is 0 Å². The third kappa shape index (κ3) is 15.1. The van der Waals surface area contributed by atoms with Crippen molar-refractivity contribution in [3.05, 3.63) is 94.2 Å². The Bertz CT molecular complexity index is 5510. The molecule has 590 valence electrons. The molecule has 9 aromatic heterocycles. The van der Waals surface area contributed by atoms with Crippen LogP contribution in [0.2, 0.25) is 0 Å². The monoisotopic (exact) mass is 1690 g/mol. The number of aromatic amines is 4. The quantitative estimate of drug-likeness (QED) is 0.0224. The lowest BCUT2D eigenvalue weighted by atomic mass is 10.1. The first-order valence-corrected chi connectivity index (χ1v) is 38.0. The molecule has 0 bridgehead atoms. The number of aliphatic hydroxyl groups is 7. The highest BCUT2D eigenvalue weighted by atomic mass is 79.9. The minimum absolute atomic E-state index is 0.0268. The summed E-state index contributed by atoms with van der Waals surface area (Å²) in [6.45, 7) is -6.14. The molecule has 55 nitrogen and oxygen atoms in total. The number of nitrogens with one attached hydrogen (secondary N) is 4. The summed E-state index contributed by atoms with van der Waals surface area (Å²) in [5, 5.41) is 79.4. The van der Waals surface area contributed by atoms with Gasteiger partial charge < -0.3 is 102 Å². The number of aromatic nitrogens is 18. The molecule has 0 amide bonds. The van der Waals surface area contributed by atoms with E-state index in [1.165, 1.54) is 0 Å². The third-order valence-electron chi connectivity index (χ3n) is 17.4. The number of phosphoric ester groups is 4. The molecule has 23 N–H and O–H groups in total. The van der Waals surface area contributed by atoms with Gasteiger partial charge in [-0.1, -0.05) is 0 Å². The van der Waals surface area contributed by atoms with Crippen molar-refractivity contribution in [3.63, 3.8) is 0 Å². The van der Waals surface area contributed by atoms with Crippen LogP contribution < -0.4 is 50.9 Å². The number of phosphoric acid groups is 4. The number of ether oxygens (including phenoxy) is 5. The molecule has 4 unspecified atom stereocenters. The molecule has 24 atom stereocenters. The summed E-state index contributed by atoms with van der Waals surface area (Å²) < 4.78 is 132. The second kappa shape index (κ2) is 29.5. The molecule has 5 aliphatic heterocycles. The molecule has 60 heteroatoms. The van der Waals surface area contributed by atoms with Crippen molar-refractivity contribution in [3.8, 4) is 0 Å². The van der Waals surface area contributed by atoms with Crippen molar-refractivity contribution < 1.29 is 133 Å². The van der Waals surface area contributed by atoms with E-state index in [1.807, 2.05) is 4.98 Å². The summed E-state index contributed by atoms with van der Waals surface area (Å²) in [7, 11) is -23.2. The normalized spacial score (nSPS) is 31.6. The van der Waals surface area contributed by atoms with Crippen LogP contribution >= 0.6 is 47.2 Å². The maximum Gasteiger partial charge on any atom is 0.472 e. The fourth-order valence-electron chi connectivity index (χ4n) is 12.5. The largest absolute Gasteiger partial charge is 0.472 e. The summed E-state index contributed by atoms with van der Waals surface area (Å²) in [5.74, 6) is -1.43. The van der Waals surface area contributed by atoms with E-state index in [9.17, 15) is 97.6 Å². The summed E-state index contributed by atoms with van der Waals surface area (Å²) in [5.41, 5.74) is 16.3. The molecule has 0 spiro atoms. The molecule has 0 aromatic carbocycles. The smallest absolute Gasteiger partial charge is 0.394 e. The number of fused-ring (bicyclic) bond motifs is 4. The first kappa shape index (κ1) is 77.6. The molecule has 14 heterocycles. The third-order valence-corrected chi connectivity index (χ3v) is 21.9. The van der Waals surface area contributed by atoms with E-state index in [1.54, 1.807) is 0 Å². The minimum Gasteiger partial charge on any atom is -0.394 e. The number of nitrogens with zero attached hydrogens (tertiary/aromatic N) is 14. The van der Waals surface area contributed by atoms with E-state index in [0.717, 1.165) is 56.1 Å². The molecule has 14 rings (SSSR count). The van der Waals surface area contributed by atoms with Crippen molar-refractivity contribution in [2.45, 2.75) is 123 Å². The topological polar surface area (TPSA) is 804 Å². The Balaban J connectivity index is 0.700. The Kier molecular flexibility index (Phi) is 21.0. The first-order chi connectivity index (χ1) is 51.5. The highest BCUT2D eigenvalue weighted by Crippen LogP contribution is 2.56. The summed E-state index contributed by atoms with van der Waals surface area (Å²) in [6, 6.07) is 0. The molecule has 5 fully saturated rings. The van der Waals surface area contributed by atoms with Crippen molar-refractivity contribution in [1.29, 1.82) is 0 Å². The van der Waals surface area contributed by atoms with Gasteiger partial charge >= 0.3 is 37.0 Å². The van der Waals surface area contributed by atoms with Crippen LogP contribution in [0.4, 0.5) is 23.7 Å². The van der Waals surface area contributed by atoms with Crippen LogP contribution in [0, 0.1) is 0 Å². The molecule has 0 saturated carbocycles. The van der Waals surface area contributed by atoms with Gasteiger partial charge in [-0.2, -0.15) is 15.0 Å².